The van der Waals surface area contributed by atoms with Crippen LogP contribution in [0, 0.1) is 0 Å². The minimum atomic E-state index is -0.618. The fourth-order valence-corrected chi connectivity index (χ4v) is 4.75. The summed E-state index contributed by atoms with van der Waals surface area (Å²) < 4.78 is 10.9. The maximum absolute atomic E-state index is 12.3. The molecule has 0 fully saturated rings. The van der Waals surface area contributed by atoms with Crippen LogP contribution in [-0.4, -0.2) is 65.1 Å². The van der Waals surface area contributed by atoms with Crippen LogP contribution < -0.4 is 4.46 Å². The van der Waals surface area contributed by atoms with Crippen molar-refractivity contribution in [2.75, 3.05) is 27.3 Å². The fraction of sp³-hybridized carbons (Fsp3) is 0.500. The Bertz CT molecular complexity index is 476. The number of benzene rings is 1. The summed E-state index contributed by atoms with van der Waals surface area (Å²) in [5.41, 5.74) is 0. The van der Waals surface area contributed by atoms with Gasteiger partial charge in [0.2, 0.25) is 0 Å². The average molecular weight is 372 g/mol. The second-order valence-corrected chi connectivity index (χ2v) is 7.11. The van der Waals surface area contributed by atoms with Gasteiger partial charge < -0.3 is 0 Å². The number of likely N-dealkylation sites (N-methyl/N-ethyl adjacent to an activating group) is 1. The SMILES string of the molecule is CCN(CC)[C@H](C(=O)OC)[C@H]([Se]c1ccccc1)C(=O)OC. The average Bonchev–Trinajstić information content (AvgIpc) is 2.57. The van der Waals surface area contributed by atoms with Crippen molar-refractivity contribution < 1.29 is 19.1 Å². The number of rotatable bonds is 8. The van der Waals surface area contributed by atoms with E-state index in [9.17, 15) is 9.59 Å². The first kappa shape index (κ1) is 18.7. The Balaban J connectivity index is 3.13. The van der Waals surface area contributed by atoms with E-state index in [2.05, 4.69) is 0 Å². The van der Waals surface area contributed by atoms with Crippen LogP contribution in [0.1, 0.15) is 13.8 Å². The molecule has 0 radical (unpaired) electrons. The fourth-order valence-electron chi connectivity index (χ4n) is 2.21. The predicted octanol–water partition coefficient (Wildman–Crippen LogP) is 0.861. The molecule has 0 aliphatic carbocycles. The Labute approximate surface area is 138 Å². The van der Waals surface area contributed by atoms with Gasteiger partial charge in [-0.15, -0.1) is 0 Å². The topological polar surface area (TPSA) is 55.8 Å². The van der Waals surface area contributed by atoms with E-state index in [1.807, 2.05) is 49.1 Å². The molecule has 1 aromatic rings. The van der Waals surface area contributed by atoms with E-state index in [0.717, 1.165) is 4.46 Å². The molecule has 0 N–H and O–H groups in total. The van der Waals surface area contributed by atoms with E-state index in [1.54, 1.807) is 0 Å². The maximum atomic E-state index is 12.3. The molecule has 0 amide bonds. The van der Waals surface area contributed by atoms with Crippen LogP contribution in [0.3, 0.4) is 0 Å². The van der Waals surface area contributed by atoms with E-state index < -0.39 is 16.8 Å². The van der Waals surface area contributed by atoms with Crippen LogP contribution in [0.5, 0.6) is 0 Å². The van der Waals surface area contributed by atoms with Crippen LogP contribution in [-0.2, 0) is 19.1 Å². The molecule has 0 bridgehead atoms. The molecule has 5 nitrogen and oxygen atoms in total. The molecular weight excluding hydrogens is 349 g/mol. The molecule has 122 valence electrons. The summed E-state index contributed by atoms with van der Waals surface area (Å²) >= 11 is -0.226. The van der Waals surface area contributed by atoms with Gasteiger partial charge in [-0.3, -0.25) is 0 Å². The van der Waals surface area contributed by atoms with Gasteiger partial charge >= 0.3 is 138 Å². The monoisotopic (exact) mass is 373 g/mol. The number of carbonyl (C=O) groups is 2. The number of hydrogen-bond donors (Lipinski definition) is 0. The standard InChI is InChI=1S/C16H23NO4Se/c1-5-17(6-2)13(15(18)20-3)14(16(19)21-4)22-12-10-8-7-9-11-12/h7-11,13-14H,5-6H2,1-4H3/t13-,14-/m0/s1. The molecule has 0 aliphatic heterocycles. The molecule has 0 unspecified atom stereocenters. The second kappa shape index (κ2) is 9.61. The number of nitrogens with zero attached hydrogens (tertiary/aromatic N) is 1. The van der Waals surface area contributed by atoms with Gasteiger partial charge in [0, 0.05) is 0 Å². The van der Waals surface area contributed by atoms with Crippen LogP contribution in [0.15, 0.2) is 30.3 Å². The third-order valence-corrected chi connectivity index (χ3v) is 5.99. The van der Waals surface area contributed by atoms with E-state index in [4.69, 9.17) is 9.47 Å². The van der Waals surface area contributed by atoms with Gasteiger partial charge in [-0.25, -0.2) is 0 Å². The molecule has 1 rings (SSSR count). The first-order chi connectivity index (χ1) is 10.6. The third-order valence-electron chi connectivity index (χ3n) is 3.37. The summed E-state index contributed by atoms with van der Waals surface area (Å²) in [6, 6.07) is 9.09. The molecule has 0 heterocycles. The molecule has 0 saturated heterocycles. The summed E-state index contributed by atoms with van der Waals surface area (Å²) in [6.45, 7) is 5.25. The third kappa shape index (κ3) is 4.83. The first-order valence-corrected chi connectivity index (χ1v) is 9.04. The van der Waals surface area contributed by atoms with Gasteiger partial charge in [0.15, 0.2) is 0 Å². The van der Waals surface area contributed by atoms with Gasteiger partial charge in [-0.1, -0.05) is 0 Å². The molecule has 1 aromatic carbocycles. The number of methoxy groups -OCH3 is 2. The Hall–Kier alpha value is -1.36. The Morgan fingerprint density at radius 2 is 1.59 bits per heavy atom. The predicted molar refractivity (Wildman–Crippen MR) is 86.3 cm³/mol. The van der Waals surface area contributed by atoms with Gasteiger partial charge in [0.25, 0.3) is 0 Å². The van der Waals surface area contributed by atoms with E-state index >= 15 is 0 Å². The van der Waals surface area contributed by atoms with E-state index in [-0.39, 0.29) is 20.9 Å². The Kier molecular flexibility index (Phi) is 8.17. The molecule has 0 aromatic heterocycles. The summed E-state index contributed by atoms with van der Waals surface area (Å²) in [5, 5.41) is 0. The van der Waals surface area contributed by atoms with Crippen molar-refractivity contribution in [3.8, 4) is 0 Å². The van der Waals surface area contributed by atoms with Gasteiger partial charge in [-0.2, -0.15) is 0 Å². The zero-order chi connectivity index (χ0) is 16.5. The molecule has 0 saturated carbocycles. The van der Waals surface area contributed by atoms with Gasteiger partial charge in [0.1, 0.15) is 0 Å². The summed E-state index contributed by atoms with van der Waals surface area (Å²) in [7, 11) is 2.70. The minimum absolute atomic E-state index is 0.226. The molecule has 0 aliphatic rings. The van der Waals surface area contributed by atoms with Crippen molar-refractivity contribution in [3.63, 3.8) is 0 Å². The van der Waals surface area contributed by atoms with Gasteiger partial charge in [0.05, 0.1) is 0 Å². The van der Waals surface area contributed by atoms with Crippen molar-refractivity contribution >= 4 is 31.4 Å². The van der Waals surface area contributed by atoms with Crippen molar-refractivity contribution in [1.82, 2.24) is 4.90 Å². The molecule has 0 spiro atoms. The zero-order valence-corrected chi connectivity index (χ0v) is 15.2. The van der Waals surface area contributed by atoms with Crippen molar-refractivity contribution in [1.29, 1.82) is 0 Å². The quantitative estimate of drug-likeness (QED) is 0.501. The van der Waals surface area contributed by atoms with Crippen molar-refractivity contribution in [3.05, 3.63) is 30.3 Å². The summed E-state index contributed by atoms with van der Waals surface area (Å²) in [4.78, 5) is 25.9. The molecular formula is C16H23NO4Se. The normalized spacial score (nSPS) is 13.5. The second-order valence-electron chi connectivity index (χ2n) is 4.56. The first-order valence-electron chi connectivity index (χ1n) is 7.20. The Morgan fingerprint density at radius 1 is 1.05 bits per heavy atom. The van der Waals surface area contributed by atoms with Crippen molar-refractivity contribution in [2.24, 2.45) is 0 Å². The van der Waals surface area contributed by atoms with E-state index in [0.29, 0.717) is 13.1 Å². The Morgan fingerprint density at radius 3 is 2.05 bits per heavy atom. The number of hydrogen-bond acceptors (Lipinski definition) is 5. The van der Waals surface area contributed by atoms with Crippen LogP contribution in [0.2, 0.25) is 4.82 Å². The molecule has 2 atom stereocenters. The number of esters is 2. The number of ether oxygens (including phenoxy) is 2. The zero-order valence-electron chi connectivity index (χ0n) is 13.4. The van der Waals surface area contributed by atoms with Crippen LogP contribution in [0.25, 0.3) is 0 Å². The van der Waals surface area contributed by atoms with Crippen LogP contribution >= 0.6 is 0 Å². The summed E-state index contributed by atoms with van der Waals surface area (Å²) in [5.74, 6) is -0.761. The number of carbonyl (C=O) groups excluding carboxylic acids is 2. The van der Waals surface area contributed by atoms with Gasteiger partial charge in [-0.05, 0) is 0 Å². The van der Waals surface area contributed by atoms with E-state index in [1.165, 1.54) is 14.2 Å². The van der Waals surface area contributed by atoms with Crippen molar-refractivity contribution in [2.45, 2.75) is 24.7 Å². The molecule has 22 heavy (non-hydrogen) atoms. The summed E-state index contributed by atoms with van der Waals surface area (Å²) in [6.07, 6.45) is 0. The van der Waals surface area contributed by atoms with Crippen LogP contribution in [0.4, 0.5) is 0 Å². The molecule has 6 heteroatoms.